The molecule has 0 bridgehead atoms. The van der Waals surface area contributed by atoms with Gasteiger partial charge in [0.05, 0.1) is 12.0 Å². The van der Waals surface area contributed by atoms with Crippen LogP contribution in [0.5, 0.6) is 0 Å². The van der Waals surface area contributed by atoms with Crippen molar-refractivity contribution in [3.05, 3.63) is 90.0 Å². The molecule has 0 saturated heterocycles. The number of carboxylic acid groups (broad SMARTS) is 1. The number of nitrogens with one attached hydrogen (secondary N) is 1. The summed E-state index contributed by atoms with van der Waals surface area (Å²) in [6, 6.07) is 18.2. The molecule has 0 radical (unpaired) electrons. The van der Waals surface area contributed by atoms with Gasteiger partial charge in [0.15, 0.2) is 6.10 Å². The second kappa shape index (κ2) is 18.3. The summed E-state index contributed by atoms with van der Waals surface area (Å²) in [5.41, 5.74) is 7.92. The maximum atomic E-state index is 13.3. The van der Waals surface area contributed by atoms with E-state index in [9.17, 15) is 19.2 Å². The lowest BCUT2D eigenvalue weighted by Gasteiger charge is -2.26. The van der Waals surface area contributed by atoms with Crippen molar-refractivity contribution in [3.63, 3.8) is 0 Å². The lowest BCUT2D eigenvalue weighted by Crippen LogP contribution is -2.45. The largest absolute Gasteiger partial charge is 0.478 e. The number of ether oxygens (including phenoxy) is 2. The highest BCUT2D eigenvalue weighted by molar-refractivity contribution is 5.83. The van der Waals surface area contributed by atoms with Gasteiger partial charge in [0, 0.05) is 25.0 Å². The predicted octanol–water partition coefficient (Wildman–Crippen LogP) is 4.56. The Balaban J connectivity index is 2.03. The molecule has 2 aromatic rings. The third-order valence-corrected chi connectivity index (χ3v) is 6.70. The molecule has 0 unspecified atom stereocenters. The number of rotatable bonds is 17. The Kier molecular flexibility index (Phi) is 14.9. The molecule has 0 aliphatic rings. The number of esters is 2. The van der Waals surface area contributed by atoms with E-state index in [4.69, 9.17) is 20.3 Å². The van der Waals surface area contributed by atoms with E-state index < -0.39 is 48.0 Å². The molecule has 1 amide bonds. The van der Waals surface area contributed by atoms with E-state index in [1.165, 1.54) is 6.08 Å². The van der Waals surface area contributed by atoms with Crippen molar-refractivity contribution in [2.24, 2.45) is 23.5 Å². The van der Waals surface area contributed by atoms with Gasteiger partial charge in [-0.15, -0.1) is 0 Å². The first-order valence-corrected chi connectivity index (χ1v) is 14.6. The van der Waals surface area contributed by atoms with E-state index in [1.54, 1.807) is 6.92 Å². The molecule has 0 spiro atoms. The molecule has 4 N–H and O–H groups in total. The summed E-state index contributed by atoms with van der Waals surface area (Å²) in [5, 5.41) is 11.7. The molecule has 2 aromatic carbocycles. The molecule has 5 atom stereocenters. The fourth-order valence-electron chi connectivity index (χ4n) is 4.15. The van der Waals surface area contributed by atoms with Crippen LogP contribution >= 0.6 is 0 Å². The summed E-state index contributed by atoms with van der Waals surface area (Å²) in [6.45, 7) is 7.24. The van der Waals surface area contributed by atoms with E-state index in [0.717, 1.165) is 17.2 Å². The normalized spacial score (nSPS) is 15.0. The SMILES string of the molecule is CC(C)C[C@H](OC(=O)[C@H](C)CNC(=O)[C@H](N)Cc1ccccc1)C(=O)O[C@@H](C/C=C/C(=O)O)[C@H](C)/C=C/c1ccccc1. The Morgan fingerprint density at radius 2 is 1.53 bits per heavy atom. The van der Waals surface area contributed by atoms with Gasteiger partial charge in [0.1, 0.15) is 6.10 Å². The second-order valence-corrected chi connectivity index (χ2v) is 11.1. The second-order valence-electron chi connectivity index (χ2n) is 11.1. The van der Waals surface area contributed by atoms with Gasteiger partial charge in [-0.2, -0.15) is 0 Å². The quantitative estimate of drug-likeness (QED) is 0.179. The minimum absolute atomic E-state index is 0.00642. The zero-order chi connectivity index (χ0) is 31.8. The summed E-state index contributed by atoms with van der Waals surface area (Å²) < 4.78 is 11.4. The molecule has 0 aliphatic heterocycles. The molecular weight excluding hydrogens is 548 g/mol. The molecule has 43 heavy (non-hydrogen) atoms. The predicted molar refractivity (Wildman–Crippen MR) is 166 cm³/mol. The summed E-state index contributed by atoms with van der Waals surface area (Å²) in [7, 11) is 0. The van der Waals surface area contributed by atoms with Crippen LogP contribution in [-0.2, 0) is 35.1 Å². The standard InChI is InChI=1S/C34H44N2O7/c1-23(2)20-30(43-33(40)25(4)22-36-32(39)28(35)21-27-14-9-6-10-15-27)34(41)42-29(16-11-17-31(37)38)24(3)18-19-26-12-7-5-8-13-26/h5-15,17-19,23-25,28-30H,16,20-22,35H2,1-4H3,(H,36,39)(H,37,38)/b17-11+,19-18+/t24-,25-,28-,29+,30+/m1/s1. The van der Waals surface area contributed by atoms with Gasteiger partial charge in [-0.1, -0.05) is 107 Å². The number of carbonyl (C=O) groups is 4. The monoisotopic (exact) mass is 592 g/mol. The average Bonchev–Trinajstić information content (AvgIpc) is 2.98. The number of carbonyl (C=O) groups excluding carboxylic acids is 3. The number of aliphatic carboxylic acids is 1. The van der Waals surface area contributed by atoms with Gasteiger partial charge in [-0.25, -0.2) is 9.59 Å². The Bertz CT molecular complexity index is 1230. The van der Waals surface area contributed by atoms with Gasteiger partial charge in [-0.3, -0.25) is 9.59 Å². The van der Waals surface area contributed by atoms with Crippen molar-refractivity contribution in [1.82, 2.24) is 5.32 Å². The van der Waals surface area contributed by atoms with Crippen LogP contribution in [0.3, 0.4) is 0 Å². The van der Waals surface area contributed by atoms with Crippen LogP contribution in [-0.4, -0.2) is 53.7 Å². The van der Waals surface area contributed by atoms with Crippen LogP contribution in [0.1, 0.15) is 51.7 Å². The molecule has 9 heteroatoms. The van der Waals surface area contributed by atoms with Crippen molar-refractivity contribution in [1.29, 1.82) is 0 Å². The summed E-state index contributed by atoms with van der Waals surface area (Å²) in [6.07, 6.45) is 5.12. The molecule has 0 aliphatic carbocycles. The Hall–Kier alpha value is -4.24. The fourth-order valence-corrected chi connectivity index (χ4v) is 4.15. The number of carboxylic acids is 1. The minimum atomic E-state index is -1.16. The number of hydrogen-bond donors (Lipinski definition) is 3. The van der Waals surface area contributed by atoms with E-state index in [0.29, 0.717) is 6.42 Å². The van der Waals surface area contributed by atoms with E-state index in [2.05, 4.69) is 5.32 Å². The highest BCUT2D eigenvalue weighted by Crippen LogP contribution is 2.20. The maximum absolute atomic E-state index is 13.3. The third kappa shape index (κ3) is 13.5. The molecule has 232 valence electrons. The van der Waals surface area contributed by atoms with Crippen molar-refractivity contribution in [2.45, 2.75) is 65.2 Å². The van der Waals surface area contributed by atoms with E-state index in [1.807, 2.05) is 93.6 Å². The first-order valence-electron chi connectivity index (χ1n) is 14.6. The highest BCUT2D eigenvalue weighted by atomic mass is 16.6. The average molecular weight is 593 g/mol. The van der Waals surface area contributed by atoms with Crippen LogP contribution in [0.15, 0.2) is 78.9 Å². The Morgan fingerprint density at radius 1 is 0.907 bits per heavy atom. The molecule has 0 saturated carbocycles. The van der Waals surface area contributed by atoms with Crippen molar-refractivity contribution in [3.8, 4) is 0 Å². The smallest absolute Gasteiger partial charge is 0.347 e. The van der Waals surface area contributed by atoms with Crippen molar-refractivity contribution >= 4 is 29.9 Å². The molecule has 2 rings (SSSR count). The van der Waals surface area contributed by atoms with Crippen LogP contribution in [0.2, 0.25) is 0 Å². The van der Waals surface area contributed by atoms with Crippen LogP contribution in [0.4, 0.5) is 0 Å². The molecule has 9 nitrogen and oxygen atoms in total. The van der Waals surface area contributed by atoms with Crippen LogP contribution < -0.4 is 11.1 Å². The van der Waals surface area contributed by atoms with E-state index in [-0.39, 0.29) is 31.2 Å². The van der Waals surface area contributed by atoms with Crippen molar-refractivity contribution < 1.29 is 33.8 Å². The zero-order valence-corrected chi connectivity index (χ0v) is 25.3. The number of hydrogen-bond acceptors (Lipinski definition) is 7. The van der Waals surface area contributed by atoms with Gasteiger partial charge in [-0.05, 0) is 29.9 Å². The zero-order valence-electron chi connectivity index (χ0n) is 25.3. The number of nitrogens with two attached hydrogens (primary N) is 1. The van der Waals surface area contributed by atoms with Gasteiger partial charge < -0.3 is 25.6 Å². The lowest BCUT2D eigenvalue weighted by molar-refractivity contribution is -0.175. The van der Waals surface area contributed by atoms with Gasteiger partial charge >= 0.3 is 17.9 Å². The Morgan fingerprint density at radius 3 is 2.14 bits per heavy atom. The van der Waals surface area contributed by atoms with Crippen LogP contribution in [0, 0.1) is 17.8 Å². The summed E-state index contributed by atoms with van der Waals surface area (Å²) >= 11 is 0. The van der Waals surface area contributed by atoms with Gasteiger partial charge in [0.2, 0.25) is 5.91 Å². The van der Waals surface area contributed by atoms with Gasteiger partial charge in [0.25, 0.3) is 0 Å². The topological polar surface area (TPSA) is 145 Å². The number of amides is 1. The van der Waals surface area contributed by atoms with Crippen LogP contribution in [0.25, 0.3) is 6.08 Å². The van der Waals surface area contributed by atoms with E-state index >= 15 is 0 Å². The molecule has 0 aromatic heterocycles. The fraction of sp³-hybridized carbons (Fsp3) is 0.412. The summed E-state index contributed by atoms with van der Waals surface area (Å²) in [5.74, 6) is -3.86. The molecular formula is C34H44N2O7. The summed E-state index contributed by atoms with van der Waals surface area (Å²) in [4.78, 5) is 49.8. The first-order chi connectivity index (χ1) is 20.5. The lowest BCUT2D eigenvalue weighted by atomic mass is 9.99. The Labute approximate surface area is 254 Å². The minimum Gasteiger partial charge on any atom is -0.478 e. The maximum Gasteiger partial charge on any atom is 0.347 e. The molecule has 0 fully saturated rings. The third-order valence-electron chi connectivity index (χ3n) is 6.70. The molecule has 0 heterocycles. The first kappa shape index (κ1) is 35.0. The highest BCUT2D eigenvalue weighted by Gasteiger charge is 2.31. The van der Waals surface area contributed by atoms with Crippen molar-refractivity contribution in [2.75, 3.05) is 6.54 Å². The number of benzene rings is 2.